The Labute approximate surface area is 71.3 Å². The summed E-state index contributed by atoms with van der Waals surface area (Å²) in [5, 5.41) is 2.38. The van der Waals surface area contributed by atoms with Gasteiger partial charge in [-0.2, -0.15) is 0 Å². The van der Waals surface area contributed by atoms with Crippen LogP contribution in [-0.2, 0) is 14.3 Å². The smallest absolute Gasteiger partial charge is 0.328 e. The fourth-order valence-electron chi connectivity index (χ4n) is 0.627. The van der Waals surface area contributed by atoms with Crippen molar-refractivity contribution in [3.63, 3.8) is 0 Å². The van der Waals surface area contributed by atoms with E-state index in [-0.39, 0.29) is 12.5 Å². The molecule has 0 heterocycles. The number of esters is 1. The molecule has 12 heavy (non-hydrogen) atoms. The summed E-state index contributed by atoms with van der Waals surface area (Å²) < 4.78 is 4.65. The van der Waals surface area contributed by atoms with Crippen molar-refractivity contribution in [2.45, 2.75) is 19.9 Å². The summed E-state index contributed by atoms with van der Waals surface area (Å²) in [6.45, 7) is 3.44. The summed E-state index contributed by atoms with van der Waals surface area (Å²) in [7, 11) is 0. The third kappa shape index (κ3) is 3.92. The predicted molar refractivity (Wildman–Crippen MR) is 43.3 cm³/mol. The first-order valence-corrected chi connectivity index (χ1v) is 3.77. The monoisotopic (exact) mass is 174 g/mol. The van der Waals surface area contributed by atoms with Gasteiger partial charge in [0.2, 0.25) is 5.91 Å². The molecule has 0 aliphatic heterocycles. The van der Waals surface area contributed by atoms with Gasteiger partial charge in [-0.05, 0) is 13.8 Å². The van der Waals surface area contributed by atoms with E-state index in [0.29, 0.717) is 6.61 Å². The van der Waals surface area contributed by atoms with Gasteiger partial charge in [-0.3, -0.25) is 4.79 Å². The molecule has 1 atom stereocenters. The van der Waals surface area contributed by atoms with Crippen LogP contribution in [0.4, 0.5) is 0 Å². The van der Waals surface area contributed by atoms with Crippen LogP contribution in [0.1, 0.15) is 13.8 Å². The second-order valence-electron chi connectivity index (χ2n) is 2.25. The highest BCUT2D eigenvalue weighted by atomic mass is 16.5. The highest BCUT2D eigenvalue weighted by Gasteiger charge is 2.14. The summed E-state index contributed by atoms with van der Waals surface area (Å²) in [6.07, 6.45) is 0. The van der Waals surface area contributed by atoms with Gasteiger partial charge in [0.25, 0.3) is 0 Å². The topological polar surface area (TPSA) is 81.4 Å². The molecule has 0 aliphatic rings. The van der Waals surface area contributed by atoms with Crippen molar-refractivity contribution in [3.8, 4) is 0 Å². The standard InChI is InChI=1S/C7H14N2O3/c1-3-12-7(11)5(2)9-6(10)4-8/h5H,3-4,8H2,1-2H3,(H,9,10)/t5-/m0/s1. The first kappa shape index (κ1) is 10.9. The molecular formula is C7H14N2O3. The molecule has 1 amide bonds. The van der Waals surface area contributed by atoms with Crippen molar-refractivity contribution in [1.29, 1.82) is 0 Å². The molecule has 0 aliphatic carbocycles. The van der Waals surface area contributed by atoms with Crippen LogP contribution in [0.25, 0.3) is 0 Å². The van der Waals surface area contributed by atoms with Crippen molar-refractivity contribution in [1.82, 2.24) is 5.32 Å². The molecule has 0 saturated carbocycles. The van der Waals surface area contributed by atoms with Gasteiger partial charge in [0.15, 0.2) is 0 Å². The van der Waals surface area contributed by atoms with E-state index in [1.807, 2.05) is 0 Å². The summed E-state index contributed by atoms with van der Waals surface area (Å²) in [6, 6.07) is -0.624. The van der Waals surface area contributed by atoms with Crippen LogP contribution in [-0.4, -0.2) is 31.1 Å². The Morgan fingerprint density at radius 3 is 2.58 bits per heavy atom. The number of carbonyl (C=O) groups excluding carboxylic acids is 2. The SMILES string of the molecule is CCOC(=O)[C@H](C)NC(=O)CN. The maximum atomic E-state index is 10.9. The molecule has 3 N–H and O–H groups in total. The van der Waals surface area contributed by atoms with E-state index < -0.39 is 12.0 Å². The molecule has 0 fully saturated rings. The highest BCUT2D eigenvalue weighted by molar-refractivity contribution is 5.84. The number of nitrogens with two attached hydrogens (primary N) is 1. The zero-order valence-corrected chi connectivity index (χ0v) is 7.29. The van der Waals surface area contributed by atoms with Crippen LogP contribution in [0.15, 0.2) is 0 Å². The van der Waals surface area contributed by atoms with Gasteiger partial charge in [-0.15, -0.1) is 0 Å². The number of amides is 1. The molecular weight excluding hydrogens is 160 g/mol. The molecule has 0 spiro atoms. The molecule has 0 unspecified atom stereocenters. The van der Waals surface area contributed by atoms with Crippen LogP contribution in [0.5, 0.6) is 0 Å². The van der Waals surface area contributed by atoms with Crippen LogP contribution < -0.4 is 11.1 Å². The largest absolute Gasteiger partial charge is 0.464 e. The zero-order valence-electron chi connectivity index (χ0n) is 7.29. The molecule has 0 aromatic carbocycles. The van der Waals surface area contributed by atoms with Gasteiger partial charge in [0.05, 0.1) is 13.2 Å². The minimum atomic E-state index is -0.624. The quantitative estimate of drug-likeness (QED) is 0.536. The molecule has 0 saturated heterocycles. The average Bonchev–Trinajstić information content (AvgIpc) is 2.04. The average molecular weight is 174 g/mol. The second-order valence-corrected chi connectivity index (χ2v) is 2.25. The molecule has 70 valence electrons. The molecule has 5 heteroatoms. The summed E-state index contributed by atoms with van der Waals surface area (Å²) in [5.74, 6) is -0.810. The minimum Gasteiger partial charge on any atom is -0.464 e. The Morgan fingerprint density at radius 1 is 1.58 bits per heavy atom. The van der Waals surface area contributed by atoms with Crippen molar-refractivity contribution in [2.24, 2.45) is 5.73 Å². The number of hydrogen-bond acceptors (Lipinski definition) is 4. The first-order valence-electron chi connectivity index (χ1n) is 3.77. The van der Waals surface area contributed by atoms with E-state index in [4.69, 9.17) is 5.73 Å². The number of rotatable bonds is 4. The molecule has 0 radical (unpaired) electrons. The molecule has 0 aromatic heterocycles. The summed E-state index contributed by atoms with van der Waals surface area (Å²) >= 11 is 0. The van der Waals surface area contributed by atoms with Crippen molar-refractivity contribution < 1.29 is 14.3 Å². The summed E-state index contributed by atoms with van der Waals surface area (Å²) in [4.78, 5) is 21.6. The van der Waals surface area contributed by atoms with Gasteiger partial charge in [0, 0.05) is 0 Å². The van der Waals surface area contributed by atoms with Gasteiger partial charge in [-0.1, -0.05) is 0 Å². The number of hydrogen-bond donors (Lipinski definition) is 2. The lowest BCUT2D eigenvalue weighted by atomic mass is 10.3. The van der Waals surface area contributed by atoms with Gasteiger partial charge in [-0.25, -0.2) is 4.79 Å². The van der Waals surface area contributed by atoms with Crippen LogP contribution >= 0.6 is 0 Å². The number of ether oxygens (including phenoxy) is 1. The van der Waals surface area contributed by atoms with E-state index >= 15 is 0 Å². The minimum absolute atomic E-state index is 0.121. The van der Waals surface area contributed by atoms with E-state index in [0.717, 1.165) is 0 Å². The lowest BCUT2D eigenvalue weighted by molar-refractivity contribution is -0.146. The molecule has 0 bridgehead atoms. The van der Waals surface area contributed by atoms with Crippen LogP contribution in [0.3, 0.4) is 0 Å². The van der Waals surface area contributed by atoms with E-state index in [9.17, 15) is 9.59 Å². The van der Waals surface area contributed by atoms with Crippen molar-refractivity contribution in [3.05, 3.63) is 0 Å². The highest BCUT2D eigenvalue weighted by Crippen LogP contribution is 1.86. The van der Waals surface area contributed by atoms with Crippen LogP contribution in [0.2, 0.25) is 0 Å². The van der Waals surface area contributed by atoms with E-state index in [1.165, 1.54) is 0 Å². The van der Waals surface area contributed by atoms with Gasteiger partial charge < -0.3 is 15.8 Å². The maximum absolute atomic E-state index is 10.9. The molecule has 0 aromatic rings. The second kappa shape index (κ2) is 5.54. The van der Waals surface area contributed by atoms with E-state index in [1.54, 1.807) is 13.8 Å². The predicted octanol–water partition coefficient (Wildman–Crippen LogP) is -0.987. The van der Waals surface area contributed by atoms with Crippen LogP contribution in [0, 0.1) is 0 Å². The lowest BCUT2D eigenvalue weighted by Gasteiger charge is -2.11. The number of carbonyl (C=O) groups is 2. The Kier molecular flexibility index (Phi) is 5.03. The Morgan fingerprint density at radius 2 is 2.17 bits per heavy atom. The van der Waals surface area contributed by atoms with Crippen molar-refractivity contribution in [2.75, 3.05) is 13.2 Å². The normalized spacial score (nSPS) is 11.9. The maximum Gasteiger partial charge on any atom is 0.328 e. The van der Waals surface area contributed by atoms with Gasteiger partial charge >= 0.3 is 5.97 Å². The fourth-order valence-corrected chi connectivity index (χ4v) is 0.627. The molecule has 0 rings (SSSR count). The van der Waals surface area contributed by atoms with E-state index in [2.05, 4.69) is 10.1 Å². The Bertz CT molecular complexity index is 170. The van der Waals surface area contributed by atoms with Crippen molar-refractivity contribution >= 4 is 11.9 Å². The fraction of sp³-hybridized carbons (Fsp3) is 0.714. The number of nitrogens with one attached hydrogen (secondary N) is 1. The van der Waals surface area contributed by atoms with Gasteiger partial charge in [0.1, 0.15) is 6.04 Å². The Balaban J connectivity index is 3.78. The Hall–Kier alpha value is -1.10. The third-order valence-electron chi connectivity index (χ3n) is 1.20. The summed E-state index contributed by atoms with van der Waals surface area (Å²) in [5.41, 5.74) is 5.03. The molecule has 5 nitrogen and oxygen atoms in total. The first-order chi connectivity index (χ1) is 5.61. The third-order valence-corrected chi connectivity index (χ3v) is 1.20. The zero-order chi connectivity index (χ0) is 9.56. The lowest BCUT2D eigenvalue weighted by Crippen LogP contribution is -2.42.